The molecule has 0 aliphatic carbocycles. The van der Waals surface area contributed by atoms with Gasteiger partial charge < -0.3 is 9.47 Å². The van der Waals surface area contributed by atoms with Crippen molar-refractivity contribution >= 4 is 15.6 Å². The Balaban J connectivity index is 3.22. The summed E-state index contributed by atoms with van der Waals surface area (Å²) in [5.41, 5.74) is 0.358. The molecule has 0 spiro atoms. The highest BCUT2D eigenvalue weighted by atomic mass is 32.2. The Bertz CT molecular complexity index is 519. The Morgan fingerprint density at radius 1 is 1.29 bits per heavy atom. The molecule has 17 heavy (non-hydrogen) atoms. The molecule has 0 aliphatic heterocycles. The average molecular weight is 258 g/mol. The molecule has 0 fully saturated rings. The molecule has 1 aromatic rings. The van der Waals surface area contributed by atoms with Crippen LogP contribution in [0.15, 0.2) is 23.1 Å². The van der Waals surface area contributed by atoms with Gasteiger partial charge in [0, 0.05) is 18.9 Å². The van der Waals surface area contributed by atoms with E-state index in [9.17, 15) is 13.2 Å². The van der Waals surface area contributed by atoms with Gasteiger partial charge in [0.25, 0.3) is 0 Å². The van der Waals surface area contributed by atoms with Gasteiger partial charge in [-0.25, -0.2) is 8.42 Å². The van der Waals surface area contributed by atoms with Crippen molar-refractivity contribution in [3.8, 4) is 5.75 Å². The summed E-state index contributed by atoms with van der Waals surface area (Å²) in [6.07, 6.45) is 1.08. The van der Waals surface area contributed by atoms with Gasteiger partial charge in [-0.3, -0.25) is 4.79 Å². The van der Waals surface area contributed by atoms with Crippen LogP contribution < -0.4 is 4.74 Å². The number of benzene rings is 1. The lowest BCUT2D eigenvalue weighted by Gasteiger charge is -2.08. The summed E-state index contributed by atoms with van der Waals surface area (Å²) < 4.78 is 32.5. The summed E-state index contributed by atoms with van der Waals surface area (Å²) in [5.74, 6) is -0.0692. The summed E-state index contributed by atoms with van der Waals surface area (Å²) in [6, 6.07) is 4.20. The highest BCUT2D eigenvalue weighted by Crippen LogP contribution is 2.25. The van der Waals surface area contributed by atoms with E-state index in [0.717, 1.165) is 6.26 Å². The number of ether oxygens (including phenoxy) is 2. The minimum atomic E-state index is -3.37. The molecule has 94 valence electrons. The Kier molecular flexibility index (Phi) is 4.25. The number of hydrogen-bond donors (Lipinski definition) is 0. The van der Waals surface area contributed by atoms with Crippen LogP contribution in [-0.2, 0) is 14.6 Å². The first kappa shape index (κ1) is 13.7. The zero-order valence-corrected chi connectivity index (χ0v) is 10.7. The molecular formula is C11H14O5S. The van der Waals surface area contributed by atoms with Crippen LogP contribution in [0.2, 0.25) is 0 Å². The van der Waals surface area contributed by atoms with Gasteiger partial charge in [0.1, 0.15) is 17.3 Å². The van der Waals surface area contributed by atoms with Gasteiger partial charge in [0.05, 0.1) is 7.11 Å². The van der Waals surface area contributed by atoms with E-state index < -0.39 is 9.84 Å². The van der Waals surface area contributed by atoms with E-state index in [1.165, 1.54) is 32.4 Å². The quantitative estimate of drug-likeness (QED) is 0.735. The van der Waals surface area contributed by atoms with E-state index in [0.29, 0.717) is 5.56 Å². The zero-order valence-electron chi connectivity index (χ0n) is 9.89. The van der Waals surface area contributed by atoms with E-state index in [2.05, 4.69) is 0 Å². The highest BCUT2D eigenvalue weighted by Gasteiger charge is 2.16. The van der Waals surface area contributed by atoms with Gasteiger partial charge in [0.2, 0.25) is 0 Å². The largest absolute Gasteiger partial charge is 0.495 e. The number of rotatable bonds is 5. The maximum absolute atomic E-state index is 11.5. The fraction of sp³-hybridized carbons (Fsp3) is 0.364. The van der Waals surface area contributed by atoms with Crippen molar-refractivity contribution in [2.75, 3.05) is 27.1 Å². The molecule has 0 N–H and O–H groups in total. The van der Waals surface area contributed by atoms with Gasteiger partial charge in [-0.05, 0) is 18.2 Å². The van der Waals surface area contributed by atoms with Crippen molar-refractivity contribution in [1.82, 2.24) is 0 Å². The molecule has 0 bridgehead atoms. The molecule has 0 unspecified atom stereocenters. The molecule has 0 aromatic heterocycles. The first-order chi connectivity index (χ1) is 7.90. The van der Waals surface area contributed by atoms with Crippen molar-refractivity contribution in [2.45, 2.75) is 4.90 Å². The van der Waals surface area contributed by atoms with Gasteiger partial charge in [-0.1, -0.05) is 0 Å². The number of ketones is 1. The van der Waals surface area contributed by atoms with Crippen LogP contribution >= 0.6 is 0 Å². The monoisotopic (exact) mass is 258 g/mol. The van der Waals surface area contributed by atoms with Crippen molar-refractivity contribution in [3.05, 3.63) is 23.8 Å². The molecule has 0 amide bonds. The summed E-state index contributed by atoms with van der Waals surface area (Å²) >= 11 is 0. The minimum absolute atomic E-state index is 0.0542. The molecule has 6 heteroatoms. The summed E-state index contributed by atoms with van der Waals surface area (Å²) in [4.78, 5) is 11.6. The van der Waals surface area contributed by atoms with Gasteiger partial charge >= 0.3 is 0 Å². The second-order valence-corrected chi connectivity index (χ2v) is 5.48. The number of carbonyl (C=O) groups excluding carboxylic acids is 1. The maximum Gasteiger partial charge on any atom is 0.188 e. The lowest BCUT2D eigenvalue weighted by molar-refractivity contribution is 0.0847. The number of Topliss-reactive ketones (excluding diaryl/α,β-unsaturated/α-hetero) is 1. The third kappa shape index (κ3) is 3.28. The van der Waals surface area contributed by atoms with Crippen LogP contribution in [0.5, 0.6) is 5.75 Å². The molecule has 0 aliphatic rings. The molecule has 0 radical (unpaired) electrons. The number of sulfone groups is 1. The predicted molar refractivity (Wildman–Crippen MR) is 62.3 cm³/mol. The lowest BCUT2D eigenvalue weighted by Crippen LogP contribution is -2.08. The fourth-order valence-electron chi connectivity index (χ4n) is 1.36. The number of methoxy groups -OCH3 is 2. The number of carbonyl (C=O) groups is 1. The Morgan fingerprint density at radius 3 is 2.41 bits per heavy atom. The van der Waals surface area contributed by atoms with Crippen LogP contribution in [0.3, 0.4) is 0 Å². The predicted octanol–water partition coefficient (Wildman–Crippen LogP) is 0.928. The number of hydrogen-bond acceptors (Lipinski definition) is 5. The van der Waals surface area contributed by atoms with Gasteiger partial charge in [-0.15, -0.1) is 0 Å². The van der Waals surface area contributed by atoms with Crippen LogP contribution in [-0.4, -0.2) is 41.3 Å². The second kappa shape index (κ2) is 5.29. The molecule has 5 nitrogen and oxygen atoms in total. The van der Waals surface area contributed by atoms with Crippen molar-refractivity contribution in [3.63, 3.8) is 0 Å². The highest BCUT2D eigenvalue weighted by molar-refractivity contribution is 7.90. The molecule has 1 aromatic carbocycles. The molecule has 0 saturated heterocycles. The maximum atomic E-state index is 11.5. The third-order valence-corrected chi connectivity index (χ3v) is 3.30. The first-order valence-corrected chi connectivity index (χ1v) is 6.69. The van der Waals surface area contributed by atoms with E-state index in [-0.39, 0.29) is 23.0 Å². The average Bonchev–Trinajstić information content (AvgIpc) is 2.27. The molecule has 1 rings (SSSR count). The lowest BCUT2D eigenvalue weighted by atomic mass is 10.1. The fourth-order valence-corrected chi connectivity index (χ4v) is 2.18. The Morgan fingerprint density at radius 2 is 1.94 bits per heavy atom. The smallest absolute Gasteiger partial charge is 0.188 e. The SMILES string of the molecule is COCC(=O)c1ccc(S(C)(=O)=O)c(OC)c1. The van der Waals surface area contributed by atoms with Crippen molar-refractivity contribution in [2.24, 2.45) is 0 Å². The van der Waals surface area contributed by atoms with Crippen LogP contribution in [0.1, 0.15) is 10.4 Å². The topological polar surface area (TPSA) is 69.7 Å². The zero-order chi connectivity index (χ0) is 13.1. The Hall–Kier alpha value is -1.40. The summed E-state index contributed by atoms with van der Waals surface area (Å²) in [7, 11) is -0.595. The van der Waals surface area contributed by atoms with Crippen LogP contribution in [0.25, 0.3) is 0 Å². The molecular weight excluding hydrogens is 244 g/mol. The van der Waals surface area contributed by atoms with Crippen molar-refractivity contribution in [1.29, 1.82) is 0 Å². The second-order valence-electron chi connectivity index (χ2n) is 3.49. The summed E-state index contributed by atoms with van der Waals surface area (Å²) in [5, 5.41) is 0. The van der Waals surface area contributed by atoms with Crippen molar-refractivity contribution < 1.29 is 22.7 Å². The van der Waals surface area contributed by atoms with E-state index >= 15 is 0 Å². The normalized spacial score (nSPS) is 11.2. The van der Waals surface area contributed by atoms with E-state index in [1.807, 2.05) is 0 Å². The molecule has 0 saturated carbocycles. The molecule has 0 heterocycles. The summed E-state index contributed by atoms with van der Waals surface area (Å²) in [6.45, 7) is -0.0542. The van der Waals surface area contributed by atoms with Gasteiger partial charge in [-0.2, -0.15) is 0 Å². The first-order valence-electron chi connectivity index (χ1n) is 4.80. The van der Waals surface area contributed by atoms with Crippen LogP contribution in [0, 0.1) is 0 Å². The van der Waals surface area contributed by atoms with Crippen LogP contribution in [0.4, 0.5) is 0 Å². The van der Waals surface area contributed by atoms with E-state index in [1.54, 1.807) is 0 Å². The standard InChI is InChI=1S/C11H14O5S/c1-15-7-9(12)8-4-5-11(17(3,13)14)10(6-8)16-2/h4-6H,7H2,1-3H3. The molecule has 0 atom stereocenters. The minimum Gasteiger partial charge on any atom is -0.495 e. The van der Waals surface area contributed by atoms with Gasteiger partial charge in [0.15, 0.2) is 15.6 Å². The third-order valence-electron chi connectivity index (χ3n) is 2.16. The van der Waals surface area contributed by atoms with E-state index in [4.69, 9.17) is 9.47 Å². The Labute approximate surface area is 100 Å².